The van der Waals surface area contributed by atoms with Gasteiger partial charge in [0, 0.05) is 27.3 Å². The minimum absolute atomic E-state index is 0.0253. The molecule has 0 fully saturated rings. The van der Waals surface area contributed by atoms with Crippen LogP contribution < -0.4 is 4.90 Å². The van der Waals surface area contributed by atoms with E-state index in [1.165, 1.54) is 177 Å². The third-order valence-corrected chi connectivity index (χ3v) is 17.3. The van der Waals surface area contributed by atoms with E-state index in [0.717, 1.165) is 0 Å². The predicted molar refractivity (Wildman–Crippen MR) is 314 cm³/mol. The fourth-order valence-corrected chi connectivity index (χ4v) is 13.7. The smallest absolute Gasteiger partial charge is 0.0540 e. The van der Waals surface area contributed by atoms with Crippen molar-refractivity contribution in [1.29, 1.82) is 0 Å². The Balaban J connectivity index is 0.977. The van der Waals surface area contributed by atoms with E-state index in [4.69, 9.17) is 0 Å². The van der Waals surface area contributed by atoms with Gasteiger partial charge in [0.1, 0.15) is 0 Å². The average Bonchev–Trinajstić information content (AvgIpc) is 3.84. The highest BCUT2D eigenvalue weighted by molar-refractivity contribution is 6.23. The Bertz CT molecular complexity index is 3860. The van der Waals surface area contributed by atoms with Gasteiger partial charge in [0.05, 0.1) is 11.4 Å². The number of anilines is 3. The largest absolute Gasteiger partial charge is 0.309 e. The van der Waals surface area contributed by atoms with Crippen molar-refractivity contribution in [2.75, 3.05) is 4.90 Å². The average molecular weight is 942 g/mol. The number of unbranched alkanes of at least 4 members (excludes halogenated alkanes) is 2. The van der Waals surface area contributed by atoms with Crippen molar-refractivity contribution in [3.05, 3.63) is 234 Å². The number of hydrogen-bond donors (Lipinski definition) is 0. The highest BCUT2D eigenvalue weighted by Crippen LogP contribution is 2.59. The Morgan fingerprint density at radius 1 is 0.356 bits per heavy atom. The summed E-state index contributed by atoms with van der Waals surface area (Å²) < 4.78 is 0. The molecule has 11 aromatic carbocycles. The van der Waals surface area contributed by atoms with E-state index in [9.17, 15) is 0 Å². The van der Waals surface area contributed by atoms with Crippen LogP contribution in [0.5, 0.6) is 0 Å². The molecule has 0 heterocycles. The fourth-order valence-electron chi connectivity index (χ4n) is 13.7. The lowest BCUT2D eigenvalue weighted by molar-refractivity contribution is 0.414. The molecule has 0 saturated heterocycles. The Hall–Kier alpha value is -7.74. The highest BCUT2D eigenvalue weighted by Gasteiger charge is 2.43. The molecule has 0 N–H and O–H groups in total. The first-order valence-corrected chi connectivity index (χ1v) is 27.0. The third-order valence-electron chi connectivity index (χ3n) is 17.3. The molecule has 1 heteroatoms. The summed E-state index contributed by atoms with van der Waals surface area (Å²) in [6.07, 6.45) is 7.21. The second-order valence-electron chi connectivity index (χ2n) is 21.7. The molecule has 73 heavy (non-hydrogen) atoms. The van der Waals surface area contributed by atoms with Gasteiger partial charge in [-0.25, -0.2) is 0 Å². The SMILES string of the molecule is CCCCC1(CCCC)c2ccccc2-c2c(-c3c4ccccc4c(-c4ccc5c(c4)C(C)(C)c4cc(N(c6ccc(C)c7ccccc67)c6ccc(C)c7ccccc67)ccc4-5)c4ccccc34)cccc21. The number of fused-ring (bicyclic) bond motifs is 10. The van der Waals surface area contributed by atoms with Crippen LogP contribution in [-0.2, 0) is 10.8 Å². The van der Waals surface area contributed by atoms with Crippen LogP contribution in [0.4, 0.5) is 17.1 Å². The lowest BCUT2D eigenvalue weighted by Crippen LogP contribution is -2.25. The molecule has 0 spiro atoms. The van der Waals surface area contributed by atoms with Gasteiger partial charge in [0.15, 0.2) is 0 Å². The van der Waals surface area contributed by atoms with Gasteiger partial charge < -0.3 is 4.90 Å². The maximum Gasteiger partial charge on any atom is 0.0540 e. The van der Waals surface area contributed by atoms with Crippen molar-refractivity contribution in [2.45, 2.75) is 90.9 Å². The van der Waals surface area contributed by atoms with Crippen LogP contribution in [0.2, 0.25) is 0 Å². The van der Waals surface area contributed by atoms with E-state index < -0.39 is 0 Å². The van der Waals surface area contributed by atoms with Crippen LogP contribution in [0.25, 0.3) is 87.6 Å². The zero-order valence-electron chi connectivity index (χ0n) is 43.2. The third kappa shape index (κ3) is 6.81. The molecule has 0 amide bonds. The topological polar surface area (TPSA) is 3.24 Å². The second kappa shape index (κ2) is 17.5. The van der Waals surface area contributed by atoms with Crippen LogP contribution >= 0.6 is 0 Å². The van der Waals surface area contributed by atoms with Crippen LogP contribution in [0.3, 0.4) is 0 Å². The Morgan fingerprint density at radius 3 is 1.40 bits per heavy atom. The van der Waals surface area contributed by atoms with Gasteiger partial charge in [0.2, 0.25) is 0 Å². The molecule has 0 aliphatic heterocycles. The fraction of sp³-hybridized carbons (Fsp3) is 0.194. The standard InChI is InChI=1S/C72H63N/c1-7-9-42-72(43-10-8-2)62-32-20-19-30-60(62)70-61(31-21-33-63(70)72)69-58-28-17-15-26-56(58)68(57-27-16-18-29-59(57)69)48-36-38-52-53-39-37-49(45-65(53)71(5,6)64(52)44-48)73(66-40-34-46(3)50-22-11-13-24-54(50)66)67-41-35-47(4)51-23-12-14-25-55(51)67/h11-41,44-45H,7-10,42-43H2,1-6H3. The maximum atomic E-state index is 2.54. The normalized spacial score (nSPS) is 13.9. The van der Waals surface area contributed by atoms with E-state index in [1.807, 2.05) is 0 Å². The summed E-state index contributed by atoms with van der Waals surface area (Å²) in [5.41, 5.74) is 22.4. The predicted octanol–water partition coefficient (Wildman–Crippen LogP) is 20.7. The summed E-state index contributed by atoms with van der Waals surface area (Å²) in [5.74, 6) is 0. The Morgan fingerprint density at radius 2 is 0.822 bits per heavy atom. The van der Waals surface area contributed by atoms with Crippen molar-refractivity contribution in [2.24, 2.45) is 0 Å². The number of aryl methyl sites for hydroxylation is 2. The van der Waals surface area contributed by atoms with Crippen molar-refractivity contribution in [3.63, 3.8) is 0 Å². The van der Waals surface area contributed by atoms with E-state index >= 15 is 0 Å². The van der Waals surface area contributed by atoms with Gasteiger partial charge in [-0.1, -0.05) is 223 Å². The van der Waals surface area contributed by atoms with Crippen LogP contribution in [0, 0.1) is 13.8 Å². The summed E-state index contributed by atoms with van der Waals surface area (Å²) in [5, 5.41) is 10.3. The van der Waals surface area contributed by atoms with Gasteiger partial charge in [-0.3, -0.25) is 0 Å². The molecule has 0 saturated carbocycles. The molecule has 11 aromatic rings. The molecular formula is C72H63N. The minimum Gasteiger partial charge on any atom is -0.309 e. The quantitative estimate of drug-likeness (QED) is 0.117. The minimum atomic E-state index is -0.265. The van der Waals surface area contributed by atoms with Gasteiger partial charge in [-0.2, -0.15) is 0 Å². The summed E-state index contributed by atoms with van der Waals surface area (Å²) in [6, 6.07) is 76.8. The molecule has 2 aliphatic rings. The molecular weight excluding hydrogens is 879 g/mol. The van der Waals surface area contributed by atoms with E-state index in [2.05, 4.69) is 247 Å². The molecule has 0 aromatic heterocycles. The van der Waals surface area contributed by atoms with Gasteiger partial charge in [-0.15, -0.1) is 0 Å². The Kier molecular flexibility index (Phi) is 10.8. The molecule has 13 rings (SSSR count). The van der Waals surface area contributed by atoms with E-state index in [-0.39, 0.29) is 10.8 Å². The number of nitrogens with zero attached hydrogens (tertiary/aromatic N) is 1. The lowest BCUT2D eigenvalue weighted by atomic mass is 9.70. The first-order chi connectivity index (χ1) is 35.7. The van der Waals surface area contributed by atoms with Crippen LogP contribution in [0.15, 0.2) is 200 Å². The first kappa shape index (κ1) is 45.1. The summed E-state index contributed by atoms with van der Waals surface area (Å²) >= 11 is 0. The second-order valence-corrected chi connectivity index (χ2v) is 21.7. The summed E-state index contributed by atoms with van der Waals surface area (Å²) in [6.45, 7) is 14.0. The molecule has 1 nitrogen and oxygen atoms in total. The van der Waals surface area contributed by atoms with Gasteiger partial charge in [0.25, 0.3) is 0 Å². The number of benzene rings is 11. The molecule has 0 unspecified atom stereocenters. The van der Waals surface area contributed by atoms with Crippen LogP contribution in [-0.4, -0.2) is 0 Å². The summed E-state index contributed by atoms with van der Waals surface area (Å²) in [4.78, 5) is 2.52. The van der Waals surface area contributed by atoms with Gasteiger partial charge in [-0.05, 0) is 167 Å². The number of hydrogen-bond acceptors (Lipinski definition) is 1. The van der Waals surface area contributed by atoms with Crippen molar-refractivity contribution in [3.8, 4) is 44.5 Å². The molecule has 2 aliphatic carbocycles. The zero-order valence-corrected chi connectivity index (χ0v) is 43.2. The highest BCUT2D eigenvalue weighted by atomic mass is 15.1. The maximum absolute atomic E-state index is 2.54. The van der Waals surface area contributed by atoms with E-state index in [0.29, 0.717) is 0 Å². The van der Waals surface area contributed by atoms with Crippen molar-refractivity contribution in [1.82, 2.24) is 0 Å². The molecule has 356 valence electrons. The molecule has 0 atom stereocenters. The molecule has 0 radical (unpaired) electrons. The number of rotatable bonds is 11. The molecule has 0 bridgehead atoms. The summed E-state index contributed by atoms with van der Waals surface area (Å²) in [7, 11) is 0. The zero-order chi connectivity index (χ0) is 49.6. The Labute approximate surface area is 431 Å². The lowest BCUT2D eigenvalue weighted by Gasteiger charge is -2.32. The van der Waals surface area contributed by atoms with Crippen LogP contribution in [0.1, 0.15) is 99.6 Å². The van der Waals surface area contributed by atoms with Gasteiger partial charge >= 0.3 is 0 Å². The van der Waals surface area contributed by atoms with Crippen molar-refractivity contribution >= 4 is 60.2 Å². The monoisotopic (exact) mass is 941 g/mol. The van der Waals surface area contributed by atoms with E-state index in [1.54, 1.807) is 0 Å². The first-order valence-electron chi connectivity index (χ1n) is 27.0. The van der Waals surface area contributed by atoms with Crippen molar-refractivity contribution < 1.29 is 0 Å².